The average Bonchev–Trinajstić information content (AvgIpc) is 2.82. The topological polar surface area (TPSA) is 66.8 Å². The van der Waals surface area contributed by atoms with Gasteiger partial charge in [-0.3, -0.25) is 0 Å². The molecule has 0 radical (unpaired) electrons. The summed E-state index contributed by atoms with van der Waals surface area (Å²) < 4.78 is 4.89. The Balaban J connectivity index is 1.83. The first-order chi connectivity index (χ1) is 10.8. The normalized spacial score (nSPS) is 45.9. The standard InChI is InChI=1S/C19H28O4/c1-11-4-6-15-12(2)16(20)8-9-19(15,3)14(11)7-5-13-17(21)10-23-18(13)22/h5,12,14-17,20-21H,1,4,6-10H2,2-3H3/b13-5+/t12-,14-,15?,16?,17-,19-/m1/s1. The molecule has 3 aliphatic rings. The molecule has 2 saturated carbocycles. The van der Waals surface area contributed by atoms with E-state index in [4.69, 9.17) is 4.74 Å². The minimum atomic E-state index is -0.796. The molecule has 1 heterocycles. The molecule has 3 fully saturated rings. The van der Waals surface area contributed by atoms with E-state index in [0.29, 0.717) is 23.3 Å². The maximum atomic E-state index is 11.7. The number of cyclic esters (lactones) is 1. The van der Waals surface area contributed by atoms with Gasteiger partial charge in [0.25, 0.3) is 0 Å². The van der Waals surface area contributed by atoms with Gasteiger partial charge in [-0.25, -0.2) is 4.79 Å². The van der Waals surface area contributed by atoms with Crippen molar-refractivity contribution < 1.29 is 19.7 Å². The summed E-state index contributed by atoms with van der Waals surface area (Å²) in [6.07, 6.45) is 5.47. The van der Waals surface area contributed by atoms with Crippen LogP contribution in [0.1, 0.15) is 46.0 Å². The quantitative estimate of drug-likeness (QED) is 0.466. The Kier molecular flexibility index (Phi) is 4.41. The molecule has 0 aromatic carbocycles. The van der Waals surface area contributed by atoms with Crippen molar-refractivity contribution in [1.29, 1.82) is 0 Å². The van der Waals surface area contributed by atoms with E-state index in [0.717, 1.165) is 32.1 Å². The van der Waals surface area contributed by atoms with Gasteiger partial charge in [0.1, 0.15) is 12.7 Å². The number of aliphatic hydroxyl groups excluding tert-OH is 2. The highest BCUT2D eigenvalue weighted by atomic mass is 16.6. The molecule has 23 heavy (non-hydrogen) atoms. The van der Waals surface area contributed by atoms with Crippen molar-refractivity contribution in [3.05, 3.63) is 23.8 Å². The summed E-state index contributed by atoms with van der Waals surface area (Å²) in [5.74, 6) is 0.692. The minimum Gasteiger partial charge on any atom is -0.459 e. The van der Waals surface area contributed by atoms with Crippen LogP contribution < -0.4 is 0 Å². The van der Waals surface area contributed by atoms with Crippen molar-refractivity contribution >= 4 is 5.97 Å². The number of fused-ring (bicyclic) bond motifs is 1. The van der Waals surface area contributed by atoms with Crippen molar-refractivity contribution in [2.75, 3.05) is 6.61 Å². The Hall–Kier alpha value is -1.13. The van der Waals surface area contributed by atoms with Gasteiger partial charge in [0, 0.05) is 0 Å². The zero-order valence-corrected chi connectivity index (χ0v) is 14.1. The maximum absolute atomic E-state index is 11.7. The first-order valence-corrected chi connectivity index (χ1v) is 8.75. The Labute approximate surface area is 138 Å². The SMILES string of the molecule is C=C1CCC2[C@@H](C)C(O)CC[C@]2(C)[C@@H]1C/C=C1/C(=O)OC[C@H]1O. The van der Waals surface area contributed by atoms with Crippen LogP contribution in [0.3, 0.4) is 0 Å². The second-order valence-corrected chi connectivity index (χ2v) is 7.84. The lowest BCUT2D eigenvalue weighted by molar-refractivity contribution is -0.135. The molecule has 4 heteroatoms. The largest absolute Gasteiger partial charge is 0.459 e. The first-order valence-electron chi connectivity index (χ1n) is 8.75. The van der Waals surface area contributed by atoms with Crippen LogP contribution in [0, 0.1) is 23.2 Å². The van der Waals surface area contributed by atoms with Crippen molar-refractivity contribution in [1.82, 2.24) is 0 Å². The van der Waals surface area contributed by atoms with Gasteiger partial charge in [-0.2, -0.15) is 0 Å². The fourth-order valence-corrected chi connectivity index (χ4v) is 5.15. The zero-order chi connectivity index (χ0) is 16.8. The van der Waals surface area contributed by atoms with Crippen LogP contribution in [0.25, 0.3) is 0 Å². The van der Waals surface area contributed by atoms with E-state index in [9.17, 15) is 15.0 Å². The zero-order valence-electron chi connectivity index (χ0n) is 14.1. The lowest BCUT2D eigenvalue weighted by Gasteiger charge is -2.55. The summed E-state index contributed by atoms with van der Waals surface area (Å²) in [5, 5.41) is 20.1. The van der Waals surface area contributed by atoms with Gasteiger partial charge < -0.3 is 14.9 Å². The van der Waals surface area contributed by atoms with E-state index in [1.54, 1.807) is 0 Å². The van der Waals surface area contributed by atoms with E-state index in [1.807, 2.05) is 6.08 Å². The van der Waals surface area contributed by atoms with Crippen LogP contribution in [0.15, 0.2) is 23.8 Å². The number of allylic oxidation sites excluding steroid dienone is 2. The molecule has 0 bridgehead atoms. The molecule has 2 N–H and O–H groups in total. The number of carbonyl (C=O) groups excluding carboxylic acids is 1. The Morgan fingerprint density at radius 3 is 2.78 bits per heavy atom. The van der Waals surface area contributed by atoms with Crippen molar-refractivity contribution in [2.24, 2.45) is 23.2 Å². The van der Waals surface area contributed by atoms with Crippen molar-refractivity contribution in [3.8, 4) is 0 Å². The second-order valence-electron chi connectivity index (χ2n) is 7.84. The molecular weight excluding hydrogens is 292 g/mol. The van der Waals surface area contributed by atoms with Gasteiger partial charge in [0.15, 0.2) is 0 Å². The molecule has 6 atom stereocenters. The van der Waals surface area contributed by atoms with Crippen LogP contribution in [-0.4, -0.2) is 35.0 Å². The molecule has 3 rings (SSSR count). The summed E-state index contributed by atoms with van der Waals surface area (Å²) in [7, 11) is 0. The van der Waals surface area contributed by atoms with E-state index in [2.05, 4.69) is 20.4 Å². The summed E-state index contributed by atoms with van der Waals surface area (Å²) in [4.78, 5) is 11.7. The fraction of sp³-hybridized carbons (Fsp3) is 0.737. The van der Waals surface area contributed by atoms with Crippen LogP contribution in [-0.2, 0) is 9.53 Å². The fourth-order valence-electron chi connectivity index (χ4n) is 5.15. The monoisotopic (exact) mass is 320 g/mol. The van der Waals surface area contributed by atoms with Gasteiger partial charge in [-0.1, -0.05) is 32.1 Å². The molecule has 2 unspecified atom stereocenters. The molecule has 0 amide bonds. The number of hydrogen-bond acceptors (Lipinski definition) is 4. The van der Waals surface area contributed by atoms with E-state index >= 15 is 0 Å². The van der Waals surface area contributed by atoms with Crippen LogP contribution in [0.2, 0.25) is 0 Å². The number of rotatable bonds is 2. The second kappa shape index (κ2) is 6.06. The maximum Gasteiger partial charge on any atom is 0.336 e. The predicted octanol–water partition coefficient (Wildman–Crippen LogP) is 2.60. The summed E-state index contributed by atoms with van der Waals surface area (Å²) in [5.41, 5.74) is 1.75. The van der Waals surface area contributed by atoms with E-state index < -0.39 is 12.1 Å². The third-order valence-corrected chi connectivity index (χ3v) is 6.67. The van der Waals surface area contributed by atoms with Gasteiger partial charge in [-0.05, 0) is 55.3 Å². The van der Waals surface area contributed by atoms with E-state index in [1.165, 1.54) is 5.57 Å². The highest BCUT2D eigenvalue weighted by molar-refractivity contribution is 5.91. The molecule has 0 aromatic rings. The Bertz CT molecular complexity index is 537. The van der Waals surface area contributed by atoms with Gasteiger partial charge in [0.05, 0.1) is 11.7 Å². The van der Waals surface area contributed by atoms with Crippen molar-refractivity contribution in [2.45, 2.75) is 58.2 Å². The summed E-state index contributed by atoms with van der Waals surface area (Å²) in [6, 6.07) is 0. The number of hydrogen-bond donors (Lipinski definition) is 2. The smallest absolute Gasteiger partial charge is 0.336 e. The number of ether oxygens (including phenoxy) is 1. The lowest BCUT2D eigenvalue weighted by atomic mass is 9.50. The molecule has 0 aromatic heterocycles. The molecule has 2 aliphatic carbocycles. The first kappa shape index (κ1) is 16.7. The summed E-state index contributed by atoms with van der Waals surface area (Å²) in [6.45, 7) is 8.84. The molecule has 1 aliphatic heterocycles. The lowest BCUT2D eigenvalue weighted by Crippen LogP contribution is -2.49. The number of aliphatic hydroxyl groups is 2. The highest BCUT2D eigenvalue weighted by Gasteiger charge is 2.50. The summed E-state index contributed by atoms with van der Waals surface area (Å²) >= 11 is 0. The van der Waals surface area contributed by atoms with Crippen LogP contribution in [0.4, 0.5) is 0 Å². The van der Waals surface area contributed by atoms with Crippen molar-refractivity contribution in [3.63, 3.8) is 0 Å². The average molecular weight is 320 g/mol. The third kappa shape index (κ3) is 2.76. The minimum absolute atomic E-state index is 0.0688. The van der Waals surface area contributed by atoms with Crippen LogP contribution >= 0.6 is 0 Å². The van der Waals surface area contributed by atoms with Gasteiger partial charge in [0.2, 0.25) is 0 Å². The number of carbonyl (C=O) groups is 1. The van der Waals surface area contributed by atoms with Crippen LogP contribution in [0.5, 0.6) is 0 Å². The molecule has 1 saturated heterocycles. The highest BCUT2D eigenvalue weighted by Crippen LogP contribution is 2.57. The third-order valence-electron chi connectivity index (χ3n) is 6.67. The molecule has 4 nitrogen and oxygen atoms in total. The molecular formula is C19H28O4. The Morgan fingerprint density at radius 1 is 1.39 bits per heavy atom. The number of esters is 1. The Morgan fingerprint density at radius 2 is 2.13 bits per heavy atom. The van der Waals surface area contributed by atoms with Gasteiger partial charge >= 0.3 is 5.97 Å². The van der Waals surface area contributed by atoms with Gasteiger partial charge in [-0.15, -0.1) is 0 Å². The van der Waals surface area contributed by atoms with E-state index in [-0.39, 0.29) is 18.1 Å². The molecule has 128 valence electrons. The predicted molar refractivity (Wildman–Crippen MR) is 87.5 cm³/mol. The molecule has 0 spiro atoms.